The number of anilines is 1. The van der Waals surface area contributed by atoms with Crippen molar-refractivity contribution in [3.63, 3.8) is 0 Å². The first-order valence-corrected chi connectivity index (χ1v) is 7.35. The van der Waals surface area contributed by atoms with Gasteiger partial charge in [-0.2, -0.15) is 0 Å². The molecule has 1 aliphatic heterocycles. The van der Waals surface area contributed by atoms with Gasteiger partial charge in [-0.25, -0.2) is 0 Å². The zero-order valence-electron chi connectivity index (χ0n) is 12.2. The number of carbonyl (C=O) groups is 1. The summed E-state index contributed by atoms with van der Waals surface area (Å²) in [6, 6.07) is 6.28. The summed E-state index contributed by atoms with van der Waals surface area (Å²) in [6.07, 6.45) is 3.27. The Balaban J connectivity index is 2.21. The van der Waals surface area contributed by atoms with Crippen molar-refractivity contribution in [2.24, 2.45) is 5.41 Å². The largest absolute Gasteiger partial charge is 0.320 e. The van der Waals surface area contributed by atoms with Gasteiger partial charge in [0.1, 0.15) is 5.69 Å². The summed E-state index contributed by atoms with van der Waals surface area (Å²) < 4.78 is 0. The lowest BCUT2D eigenvalue weighted by Crippen LogP contribution is -2.44. The van der Waals surface area contributed by atoms with Gasteiger partial charge in [0, 0.05) is 6.07 Å². The Morgan fingerprint density at radius 1 is 1.38 bits per heavy atom. The van der Waals surface area contributed by atoms with E-state index in [0.29, 0.717) is 0 Å². The van der Waals surface area contributed by atoms with Gasteiger partial charge in [0.05, 0.1) is 10.3 Å². The van der Waals surface area contributed by atoms with E-state index in [-0.39, 0.29) is 17.3 Å². The minimum atomic E-state index is -0.468. The van der Waals surface area contributed by atoms with Crippen LogP contribution in [0.1, 0.15) is 32.6 Å². The van der Waals surface area contributed by atoms with Crippen LogP contribution in [0.4, 0.5) is 11.4 Å². The Morgan fingerprint density at radius 3 is 2.67 bits per heavy atom. The SMILES string of the molecule is CCCC1(C(=O)Nc2ccccc2[N+](=O)[O-])CCNCC1. The van der Waals surface area contributed by atoms with Gasteiger partial charge in [-0.3, -0.25) is 14.9 Å². The zero-order chi connectivity index (χ0) is 15.3. The van der Waals surface area contributed by atoms with E-state index in [0.717, 1.165) is 38.8 Å². The maximum atomic E-state index is 12.7. The number of carbonyl (C=O) groups excluding carboxylic acids is 1. The van der Waals surface area contributed by atoms with Crippen LogP contribution in [-0.2, 0) is 4.79 Å². The van der Waals surface area contributed by atoms with Crippen molar-refractivity contribution in [1.82, 2.24) is 5.32 Å². The predicted octanol–water partition coefficient (Wildman–Crippen LogP) is 2.70. The van der Waals surface area contributed by atoms with Crippen LogP contribution >= 0.6 is 0 Å². The molecule has 6 nitrogen and oxygen atoms in total. The van der Waals surface area contributed by atoms with Gasteiger partial charge in [-0.15, -0.1) is 0 Å². The second kappa shape index (κ2) is 6.67. The molecule has 1 saturated heterocycles. The number of amides is 1. The van der Waals surface area contributed by atoms with E-state index in [9.17, 15) is 14.9 Å². The standard InChI is InChI=1S/C15H21N3O3/c1-2-7-15(8-10-16-11-9-15)14(19)17-12-5-3-4-6-13(12)18(20)21/h3-6,16H,2,7-11H2,1H3,(H,17,19). The molecule has 2 N–H and O–H groups in total. The zero-order valence-corrected chi connectivity index (χ0v) is 12.2. The van der Waals surface area contributed by atoms with Crippen LogP contribution in [0.25, 0.3) is 0 Å². The van der Waals surface area contributed by atoms with Gasteiger partial charge in [0.25, 0.3) is 5.69 Å². The average Bonchev–Trinajstić information content (AvgIpc) is 2.49. The molecule has 0 bridgehead atoms. The molecule has 0 atom stereocenters. The number of hydrogen-bond acceptors (Lipinski definition) is 4. The molecule has 1 aliphatic rings. The smallest absolute Gasteiger partial charge is 0.292 e. The molecular weight excluding hydrogens is 270 g/mol. The summed E-state index contributed by atoms with van der Waals surface area (Å²) in [7, 11) is 0. The minimum Gasteiger partial charge on any atom is -0.320 e. The molecule has 0 radical (unpaired) electrons. The van der Waals surface area contributed by atoms with Gasteiger partial charge in [-0.1, -0.05) is 25.5 Å². The van der Waals surface area contributed by atoms with Crippen molar-refractivity contribution in [2.75, 3.05) is 18.4 Å². The van der Waals surface area contributed by atoms with E-state index >= 15 is 0 Å². The molecule has 1 amide bonds. The summed E-state index contributed by atoms with van der Waals surface area (Å²) in [4.78, 5) is 23.3. The second-order valence-electron chi connectivity index (χ2n) is 5.51. The number of rotatable bonds is 5. The van der Waals surface area contributed by atoms with Crippen molar-refractivity contribution in [3.8, 4) is 0 Å². The lowest BCUT2D eigenvalue weighted by atomic mass is 9.74. The Bertz CT molecular complexity index is 519. The highest BCUT2D eigenvalue weighted by molar-refractivity contribution is 5.97. The molecule has 1 aromatic carbocycles. The highest BCUT2D eigenvalue weighted by Crippen LogP contribution is 2.36. The third-order valence-corrected chi connectivity index (χ3v) is 4.12. The van der Waals surface area contributed by atoms with Crippen LogP contribution in [-0.4, -0.2) is 23.9 Å². The summed E-state index contributed by atoms with van der Waals surface area (Å²) in [6.45, 7) is 3.68. The lowest BCUT2D eigenvalue weighted by molar-refractivity contribution is -0.383. The summed E-state index contributed by atoms with van der Waals surface area (Å²) >= 11 is 0. The molecule has 2 rings (SSSR count). The van der Waals surface area contributed by atoms with E-state index in [2.05, 4.69) is 17.6 Å². The number of benzene rings is 1. The van der Waals surface area contributed by atoms with Crippen molar-refractivity contribution < 1.29 is 9.72 Å². The fraction of sp³-hybridized carbons (Fsp3) is 0.533. The molecule has 0 saturated carbocycles. The Labute approximate surface area is 124 Å². The maximum absolute atomic E-state index is 12.7. The number of nitrogens with one attached hydrogen (secondary N) is 2. The van der Waals surface area contributed by atoms with E-state index in [1.165, 1.54) is 6.07 Å². The highest BCUT2D eigenvalue weighted by atomic mass is 16.6. The van der Waals surface area contributed by atoms with Crippen LogP contribution in [0.5, 0.6) is 0 Å². The molecule has 0 aliphatic carbocycles. The lowest BCUT2D eigenvalue weighted by Gasteiger charge is -2.36. The van der Waals surface area contributed by atoms with Crippen molar-refractivity contribution in [3.05, 3.63) is 34.4 Å². The van der Waals surface area contributed by atoms with Crippen LogP contribution in [0.3, 0.4) is 0 Å². The second-order valence-corrected chi connectivity index (χ2v) is 5.51. The normalized spacial score (nSPS) is 17.2. The molecule has 0 aromatic heterocycles. The minimum absolute atomic E-state index is 0.0635. The molecule has 1 heterocycles. The monoisotopic (exact) mass is 291 g/mol. The van der Waals surface area contributed by atoms with E-state index in [1.54, 1.807) is 18.2 Å². The number of piperidine rings is 1. The van der Waals surface area contributed by atoms with E-state index in [4.69, 9.17) is 0 Å². The third kappa shape index (κ3) is 3.39. The van der Waals surface area contributed by atoms with Crippen LogP contribution in [0.2, 0.25) is 0 Å². The van der Waals surface area contributed by atoms with Gasteiger partial charge < -0.3 is 10.6 Å². The molecule has 1 aromatic rings. The van der Waals surface area contributed by atoms with Gasteiger partial charge in [-0.05, 0) is 38.4 Å². The van der Waals surface area contributed by atoms with Crippen LogP contribution in [0.15, 0.2) is 24.3 Å². The topological polar surface area (TPSA) is 84.3 Å². The van der Waals surface area contributed by atoms with Gasteiger partial charge >= 0.3 is 0 Å². The fourth-order valence-corrected chi connectivity index (χ4v) is 2.97. The summed E-state index contributed by atoms with van der Waals surface area (Å²) in [5.74, 6) is -0.0971. The van der Waals surface area contributed by atoms with Crippen LogP contribution < -0.4 is 10.6 Å². The fourth-order valence-electron chi connectivity index (χ4n) is 2.97. The summed E-state index contributed by atoms with van der Waals surface area (Å²) in [5.41, 5.74) is -0.197. The van der Waals surface area contributed by atoms with E-state index in [1.807, 2.05) is 0 Å². The molecule has 0 unspecified atom stereocenters. The first-order chi connectivity index (χ1) is 10.1. The molecule has 114 valence electrons. The third-order valence-electron chi connectivity index (χ3n) is 4.12. The molecule has 6 heteroatoms. The first kappa shape index (κ1) is 15.4. The molecule has 1 fully saturated rings. The van der Waals surface area contributed by atoms with E-state index < -0.39 is 10.3 Å². The summed E-state index contributed by atoms with van der Waals surface area (Å²) in [5, 5.41) is 17.1. The first-order valence-electron chi connectivity index (χ1n) is 7.35. The van der Waals surface area contributed by atoms with Crippen molar-refractivity contribution in [1.29, 1.82) is 0 Å². The Morgan fingerprint density at radius 2 is 2.05 bits per heavy atom. The Kier molecular flexibility index (Phi) is 4.90. The van der Waals surface area contributed by atoms with Gasteiger partial charge in [0.15, 0.2) is 0 Å². The molecular formula is C15H21N3O3. The predicted molar refractivity (Wildman–Crippen MR) is 81.2 cm³/mol. The quantitative estimate of drug-likeness (QED) is 0.645. The highest BCUT2D eigenvalue weighted by Gasteiger charge is 2.39. The van der Waals surface area contributed by atoms with Crippen molar-refractivity contribution in [2.45, 2.75) is 32.6 Å². The number of nitrogens with zero attached hydrogens (tertiary/aromatic N) is 1. The van der Waals surface area contributed by atoms with Crippen molar-refractivity contribution >= 4 is 17.3 Å². The molecule has 0 spiro atoms. The number of para-hydroxylation sites is 2. The van der Waals surface area contributed by atoms with Crippen LogP contribution in [0, 0.1) is 15.5 Å². The molecule has 21 heavy (non-hydrogen) atoms. The number of nitro groups is 1. The number of hydrogen-bond donors (Lipinski definition) is 2. The average molecular weight is 291 g/mol. The number of nitro benzene ring substituents is 1. The maximum Gasteiger partial charge on any atom is 0.292 e. The Hall–Kier alpha value is -1.95. The van der Waals surface area contributed by atoms with Gasteiger partial charge in [0.2, 0.25) is 5.91 Å².